The lowest BCUT2D eigenvalue weighted by atomic mass is 10.3. The number of anilines is 1. The Morgan fingerprint density at radius 1 is 1.24 bits per heavy atom. The quantitative estimate of drug-likeness (QED) is 0.780. The minimum atomic E-state index is 0.430. The number of benzene rings is 1. The first kappa shape index (κ1) is 13.2. The third-order valence-corrected chi connectivity index (χ3v) is 2.96. The van der Waals surface area contributed by atoms with E-state index in [9.17, 15) is 0 Å². The Labute approximate surface area is 122 Å². The van der Waals surface area contributed by atoms with Crippen molar-refractivity contribution in [2.24, 2.45) is 0 Å². The second-order valence-electron chi connectivity index (χ2n) is 4.32. The summed E-state index contributed by atoms with van der Waals surface area (Å²) < 4.78 is 13.3. The molecule has 6 nitrogen and oxygen atoms in total. The molecule has 1 N–H and O–H groups in total. The number of rotatable bonds is 5. The lowest BCUT2D eigenvalue weighted by molar-refractivity contribution is 0.320. The summed E-state index contributed by atoms with van der Waals surface area (Å²) in [5.74, 6) is 2.43. The van der Waals surface area contributed by atoms with Crippen molar-refractivity contribution >= 4 is 11.5 Å². The molecule has 0 aliphatic carbocycles. The normalized spacial score (nSPS) is 10.6. The highest BCUT2D eigenvalue weighted by Gasteiger charge is 2.12. The summed E-state index contributed by atoms with van der Waals surface area (Å²) >= 11 is 0. The summed E-state index contributed by atoms with van der Waals surface area (Å²) in [6, 6.07) is 7.50. The molecule has 108 valence electrons. The fraction of sp³-hybridized carbons (Fsp3) is 0.200. The van der Waals surface area contributed by atoms with Gasteiger partial charge in [-0.15, -0.1) is 0 Å². The minimum absolute atomic E-state index is 0.430. The Hall–Kier alpha value is -2.76. The number of aromatic nitrogens is 3. The maximum absolute atomic E-state index is 5.92. The van der Waals surface area contributed by atoms with E-state index >= 15 is 0 Å². The van der Waals surface area contributed by atoms with Gasteiger partial charge >= 0.3 is 0 Å². The van der Waals surface area contributed by atoms with Gasteiger partial charge in [0.1, 0.15) is 5.82 Å². The Balaban J connectivity index is 2.03. The van der Waals surface area contributed by atoms with Crippen LogP contribution >= 0.6 is 0 Å². The molecule has 1 aromatic carbocycles. The molecule has 0 aliphatic rings. The van der Waals surface area contributed by atoms with Crippen LogP contribution in [-0.2, 0) is 0 Å². The molecule has 0 aliphatic heterocycles. The zero-order chi connectivity index (χ0) is 14.7. The summed E-state index contributed by atoms with van der Waals surface area (Å²) in [7, 11) is 1.81. The smallest absolute Gasteiger partial charge is 0.265 e. The second kappa shape index (κ2) is 5.70. The van der Waals surface area contributed by atoms with Crippen molar-refractivity contribution in [3.63, 3.8) is 0 Å². The van der Waals surface area contributed by atoms with Gasteiger partial charge in [0.05, 0.1) is 12.8 Å². The summed E-state index contributed by atoms with van der Waals surface area (Å²) in [4.78, 5) is 8.69. The topological polar surface area (TPSA) is 60.7 Å². The van der Waals surface area contributed by atoms with Crippen LogP contribution in [0.4, 0.5) is 5.82 Å². The summed E-state index contributed by atoms with van der Waals surface area (Å²) in [5.41, 5.74) is 0.653. The third kappa shape index (κ3) is 2.60. The van der Waals surface area contributed by atoms with E-state index in [1.54, 1.807) is 6.20 Å². The van der Waals surface area contributed by atoms with Crippen LogP contribution in [0.15, 0.2) is 42.9 Å². The molecular formula is C15H16N4O2. The number of para-hydroxylation sites is 2. The van der Waals surface area contributed by atoms with E-state index in [4.69, 9.17) is 9.47 Å². The van der Waals surface area contributed by atoms with Gasteiger partial charge in [-0.1, -0.05) is 12.1 Å². The van der Waals surface area contributed by atoms with Crippen molar-refractivity contribution in [2.75, 3.05) is 19.0 Å². The maximum atomic E-state index is 5.92. The van der Waals surface area contributed by atoms with Gasteiger partial charge in [0.2, 0.25) is 5.65 Å². The van der Waals surface area contributed by atoms with Gasteiger partial charge in [-0.2, -0.15) is 4.98 Å². The van der Waals surface area contributed by atoms with Crippen molar-refractivity contribution < 1.29 is 9.47 Å². The Kier molecular flexibility index (Phi) is 3.59. The fourth-order valence-corrected chi connectivity index (χ4v) is 2.01. The predicted molar refractivity (Wildman–Crippen MR) is 80.2 cm³/mol. The van der Waals surface area contributed by atoms with Crippen LogP contribution in [0.5, 0.6) is 17.4 Å². The van der Waals surface area contributed by atoms with E-state index in [-0.39, 0.29) is 0 Å². The molecule has 3 rings (SSSR count). The van der Waals surface area contributed by atoms with E-state index in [2.05, 4.69) is 15.3 Å². The van der Waals surface area contributed by atoms with Crippen LogP contribution in [-0.4, -0.2) is 28.0 Å². The van der Waals surface area contributed by atoms with Gasteiger partial charge in [0, 0.05) is 19.4 Å². The lowest BCUT2D eigenvalue weighted by Gasteiger charge is -2.12. The standard InChI is InChI=1S/C15H16N4O2/c1-3-20-11-6-4-5-7-12(11)21-15-14-17-8-9-19(14)10-13(16-2)18-15/h4-10,16H,3H2,1-2H3. The molecule has 21 heavy (non-hydrogen) atoms. The van der Waals surface area contributed by atoms with Crippen molar-refractivity contribution in [2.45, 2.75) is 6.92 Å². The summed E-state index contributed by atoms with van der Waals surface area (Å²) in [6.07, 6.45) is 5.40. The van der Waals surface area contributed by atoms with Gasteiger partial charge in [-0.25, -0.2) is 4.98 Å². The highest BCUT2D eigenvalue weighted by atomic mass is 16.5. The Bertz CT molecular complexity index is 754. The molecule has 0 saturated carbocycles. The molecule has 0 fully saturated rings. The SMILES string of the molecule is CCOc1ccccc1Oc1nc(NC)cn2ccnc12. The molecule has 2 aromatic heterocycles. The molecule has 0 atom stereocenters. The molecule has 3 aromatic rings. The number of nitrogens with one attached hydrogen (secondary N) is 1. The monoisotopic (exact) mass is 284 g/mol. The van der Waals surface area contributed by atoms with Gasteiger partial charge in [-0.05, 0) is 19.1 Å². The van der Waals surface area contributed by atoms with Crippen molar-refractivity contribution in [3.8, 4) is 17.4 Å². The van der Waals surface area contributed by atoms with Crippen molar-refractivity contribution in [1.82, 2.24) is 14.4 Å². The zero-order valence-corrected chi connectivity index (χ0v) is 11.9. The number of hydrogen-bond donors (Lipinski definition) is 1. The van der Waals surface area contributed by atoms with Crippen molar-refractivity contribution in [1.29, 1.82) is 0 Å². The average Bonchev–Trinajstić information content (AvgIpc) is 2.98. The summed E-state index contributed by atoms with van der Waals surface area (Å²) in [5, 5.41) is 3.00. The fourth-order valence-electron chi connectivity index (χ4n) is 2.01. The number of imidazole rings is 1. The largest absolute Gasteiger partial charge is 0.490 e. The van der Waals surface area contributed by atoms with Crippen LogP contribution in [0.1, 0.15) is 6.92 Å². The maximum Gasteiger partial charge on any atom is 0.265 e. The molecule has 0 amide bonds. The molecule has 0 saturated heterocycles. The summed E-state index contributed by atoms with van der Waals surface area (Å²) in [6.45, 7) is 2.51. The number of fused-ring (bicyclic) bond motifs is 1. The minimum Gasteiger partial charge on any atom is -0.490 e. The van der Waals surface area contributed by atoms with E-state index in [1.807, 2.05) is 55.0 Å². The van der Waals surface area contributed by atoms with Gasteiger partial charge < -0.3 is 14.8 Å². The molecule has 2 heterocycles. The molecule has 0 spiro atoms. The number of hydrogen-bond acceptors (Lipinski definition) is 5. The van der Waals surface area contributed by atoms with E-state index in [0.29, 0.717) is 35.5 Å². The molecular weight excluding hydrogens is 268 g/mol. The van der Waals surface area contributed by atoms with Crippen molar-refractivity contribution in [3.05, 3.63) is 42.9 Å². The third-order valence-electron chi connectivity index (χ3n) is 2.96. The highest BCUT2D eigenvalue weighted by molar-refractivity contribution is 5.56. The lowest BCUT2D eigenvalue weighted by Crippen LogP contribution is -2.01. The van der Waals surface area contributed by atoms with Gasteiger partial charge in [-0.3, -0.25) is 4.40 Å². The molecule has 0 bridgehead atoms. The Morgan fingerprint density at radius 2 is 2.05 bits per heavy atom. The van der Waals surface area contributed by atoms with E-state index < -0.39 is 0 Å². The first-order valence-electron chi connectivity index (χ1n) is 6.73. The van der Waals surface area contributed by atoms with Crippen LogP contribution in [0, 0.1) is 0 Å². The molecule has 0 radical (unpaired) electrons. The molecule has 0 unspecified atom stereocenters. The number of ether oxygens (including phenoxy) is 2. The number of nitrogens with zero attached hydrogens (tertiary/aromatic N) is 3. The second-order valence-corrected chi connectivity index (χ2v) is 4.32. The first-order valence-corrected chi connectivity index (χ1v) is 6.73. The van der Waals surface area contributed by atoms with Crippen LogP contribution in [0.25, 0.3) is 5.65 Å². The predicted octanol–water partition coefficient (Wildman–Crippen LogP) is 2.96. The van der Waals surface area contributed by atoms with Crippen LogP contribution in [0.3, 0.4) is 0 Å². The van der Waals surface area contributed by atoms with E-state index in [1.165, 1.54) is 0 Å². The molecule has 6 heteroatoms. The van der Waals surface area contributed by atoms with Crippen LogP contribution < -0.4 is 14.8 Å². The highest BCUT2D eigenvalue weighted by Crippen LogP contribution is 2.32. The Morgan fingerprint density at radius 3 is 2.81 bits per heavy atom. The van der Waals surface area contributed by atoms with Gasteiger partial charge in [0.15, 0.2) is 11.5 Å². The first-order chi connectivity index (χ1) is 10.3. The average molecular weight is 284 g/mol. The van der Waals surface area contributed by atoms with Crippen LogP contribution in [0.2, 0.25) is 0 Å². The zero-order valence-electron chi connectivity index (χ0n) is 11.9. The van der Waals surface area contributed by atoms with E-state index in [0.717, 1.165) is 0 Å². The van der Waals surface area contributed by atoms with Gasteiger partial charge in [0.25, 0.3) is 5.88 Å².